The predicted molar refractivity (Wildman–Crippen MR) is 67.1 cm³/mol. The molecule has 0 aliphatic carbocycles. The first-order valence-corrected chi connectivity index (χ1v) is 5.96. The summed E-state index contributed by atoms with van der Waals surface area (Å²) >= 11 is 11.4. The van der Waals surface area contributed by atoms with Gasteiger partial charge in [-0.2, -0.15) is 0 Å². The zero-order chi connectivity index (χ0) is 13.1. The molecule has 17 heavy (non-hydrogen) atoms. The Balaban J connectivity index is 2.94. The Morgan fingerprint density at radius 3 is 2.47 bits per heavy atom. The number of aromatic hydroxyl groups is 2. The van der Waals surface area contributed by atoms with E-state index >= 15 is 0 Å². The summed E-state index contributed by atoms with van der Waals surface area (Å²) in [7, 11) is 0. The number of carbonyl (C=O) groups is 1. The van der Waals surface area contributed by atoms with Gasteiger partial charge in [-0.15, -0.1) is 23.2 Å². The largest absolute Gasteiger partial charge is 0.504 e. The first kappa shape index (κ1) is 13.9. The van der Waals surface area contributed by atoms with Crippen LogP contribution < -0.4 is 5.32 Å². The first-order valence-electron chi connectivity index (χ1n) is 4.89. The highest BCUT2D eigenvalue weighted by Crippen LogP contribution is 2.28. The molecular formula is C11H13Cl2NO3. The van der Waals surface area contributed by atoms with E-state index in [4.69, 9.17) is 23.2 Å². The minimum atomic E-state index is -0.766. The molecule has 0 aliphatic heterocycles. The number of alkyl halides is 2. The van der Waals surface area contributed by atoms with Crippen LogP contribution in [0.25, 0.3) is 0 Å². The van der Waals surface area contributed by atoms with Gasteiger partial charge < -0.3 is 15.5 Å². The molecule has 1 amide bonds. The van der Waals surface area contributed by atoms with Crippen molar-refractivity contribution in [2.75, 3.05) is 11.8 Å². The van der Waals surface area contributed by atoms with Gasteiger partial charge in [0.05, 0.1) is 11.1 Å². The van der Waals surface area contributed by atoms with Gasteiger partial charge in [0, 0.05) is 11.8 Å². The van der Waals surface area contributed by atoms with Gasteiger partial charge in [0.1, 0.15) is 0 Å². The lowest BCUT2D eigenvalue weighted by molar-refractivity contribution is 0.0918. The van der Waals surface area contributed by atoms with Gasteiger partial charge in [-0.25, -0.2) is 0 Å². The molecule has 0 heterocycles. The molecule has 0 atom stereocenters. The Kier molecular flexibility index (Phi) is 4.48. The Morgan fingerprint density at radius 1 is 1.35 bits per heavy atom. The van der Waals surface area contributed by atoms with Crippen molar-refractivity contribution in [2.45, 2.75) is 12.5 Å². The van der Waals surface area contributed by atoms with Crippen LogP contribution in [0.3, 0.4) is 0 Å². The van der Waals surface area contributed by atoms with Crippen molar-refractivity contribution < 1.29 is 15.0 Å². The molecule has 94 valence electrons. The van der Waals surface area contributed by atoms with Crippen LogP contribution in [-0.4, -0.2) is 33.4 Å². The first-order chi connectivity index (χ1) is 7.93. The maximum absolute atomic E-state index is 11.9. The van der Waals surface area contributed by atoms with Crippen LogP contribution in [0.1, 0.15) is 17.3 Å². The van der Waals surface area contributed by atoms with Crippen LogP contribution in [0.2, 0.25) is 0 Å². The van der Waals surface area contributed by atoms with Gasteiger partial charge in [0.2, 0.25) is 0 Å². The fraction of sp³-hybridized carbons (Fsp3) is 0.364. The molecule has 0 saturated heterocycles. The number of hydrogen-bond acceptors (Lipinski definition) is 3. The van der Waals surface area contributed by atoms with Gasteiger partial charge >= 0.3 is 0 Å². The maximum atomic E-state index is 11.9. The number of phenols is 2. The highest BCUT2D eigenvalue weighted by atomic mass is 35.5. The molecule has 1 aromatic carbocycles. The average molecular weight is 278 g/mol. The van der Waals surface area contributed by atoms with E-state index in [0.717, 1.165) is 0 Å². The number of phenolic OH excluding ortho intramolecular Hbond substituents is 2. The van der Waals surface area contributed by atoms with Crippen LogP contribution in [0.5, 0.6) is 11.5 Å². The van der Waals surface area contributed by atoms with E-state index in [0.29, 0.717) is 0 Å². The third-order valence-electron chi connectivity index (χ3n) is 2.26. The monoisotopic (exact) mass is 277 g/mol. The van der Waals surface area contributed by atoms with E-state index < -0.39 is 17.2 Å². The Morgan fingerprint density at radius 2 is 1.94 bits per heavy atom. The van der Waals surface area contributed by atoms with Crippen molar-refractivity contribution in [1.82, 2.24) is 5.32 Å². The smallest absolute Gasteiger partial charge is 0.255 e. The number of amides is 1. The lowest BCUT2D eigenvalue weighted by Gasteiger charge is -2.26. The summed E-state index contributed by atoms with van der Waals surface area (Å²) in [5.74, 6) is -1.07. The molecule has 0 aromatic heterocycles. The minimum Gasteiger partial charge on any atom is -0.504 e. The number of halogens is 2. The summed E-state index contributed by atoms with van der Waals surface area (Å²) in [6, 6.07) is 4.14. The summed E-state index contributed by atoms with van der Waals surface area (Å²) < 4.78 is 0. The maximum Gasteiger partial charge on any atom is 0.255 e. The minimum absolute atomic E-state index is 0.0218. The molecule has 0 aliphatic rings. The zero-order valence-electron chi connectivity index (χ0n) is 9.20. The van der Waals surface area contributed by atoms with Crippen molar-refractivity contribution in [3.63, 3.8) is 0 Å². The van der Waals surface area contributed by atoms with Crippen molar-refractivity contribution in [1.29, 1.82) is 0 Å². The topological polar surface area (TPSA) is 69.6 Å². The van der Waals surface area contributed by atoms with Gasteiger partial charge in [0.25, 0.3) is 5.91 Å². The number of para-hydroxylation sites is 1. The lowest BCUT2D eigenvalue weighted by Crippen LogP contribution is -2.49. The lowest BCUT2D eigenvalue weighted by atomic mass is 10.1. The molecule has 0 spiro atoms. The van der Waals surface area contributed by atoms with Crippen LogP contribution in [0.15, 0.2) is 18.2 Å². The average Bonchev–Trinajstić information content (AvgIpc) is 2.32. The summed E-state index contributed by atoms with van der Waals surface area (Å²) in [5, 5.41) is 21.4. The van der Waals surface area contributed by atoms with Gasteiger partial charge in [0.15, 0.2) is 11.5 Å². The van der Waals surface area contributed by atoms with Crippen molar-refractivity contribution in [3.8, 4) is 11.5 Å². The number of nitrogens with one attached hydrogen (secondary N) is 1. The molecule has 0 saturated carbocycles. The summed E-state index contributed by atoms with van der Waals surface area (Å²) in [6.07, 6.45) is 0. The molecular weight excluding hydrogens is 265 g/mol. The van der Waals surface area contributed by atoms with Crippen LogP contribution in [-0.2, 0) is 0 Å². The number of rotatable bonds is 4. The van der Waals surface area contributed by atoms with Crippen LogP contribution >= 0.6 is 23.2 Å². The molecule has 1 rings (SSSR count). The molecule has 0 fully saturated rings. The molecule has 0 unspecified atom stereocenters. The van der Waals surface area contributed by atoms with Crippen LogP contribution in [0, 0.1) is 0 Å². The number of carbonyl (C=O) groups excluding carboxylic acids is 1. The fourth-order valence-corrected chi connectivity index (χ4v) is 1.58. The van der Waals surface area contributed by atoms with Crippen LogP contribution in [0.4, 0.5) is 0 Å². The standard InChI is InChI=1S/C11H13Cl2NO3/c1-11(5-12,6-13)14-10(17)7-3-2-4-8(15)9(7)16/h2-4,15-16H,5-6H2,1H3,(H,14,17). The van der Waals surface area contributed by atoms with E-state index in [1.165, 1.54) is 18.2 Å². The number of benzene rings is 1. The third kappa shape index (κ3) is 3.17. The van der Waals surface area contributed by atoms with Gasteiger partial charge in [-0.05, 0) is 19.1 Å². The third-order valence-corrected chi connectivity index (χ3v) is 3.44. The van der Waals surface area contributed by atoms with Gasteiger partial charge in [-0.1, -0.05) is 6.07 Å². The highest BCUT2D eigenvalue weighted by Gasteiger charge is 2.26. The number of hydrogen-bond donors (Lipinski definition) is 3. The molecule has 3 N–H and O–H groups in total. The summed E-state index contributed by atoms with van der Waals surface area (Å²) in [5.41, 5.74) is -0.788. The van der Waals surface area contributed by atoms with E-state index in [9.17, 15) is 15.0 Å². The predicted octanol–water partition coefficient (Wildman–Crippen LogP) is 2.06. The second kappa shape index (κ2) is 5.47. The Bertz CT molecular complexity index is 419. The molecule has 4 nitrogen and oxygen atoms in total. The van der Waals surface area contributed by atoms with E-state index in [2.05, 4.69) is 5.32 Å². The Hall–Kier alpha value is -1.13. The van der Waals surface area contributed by atoms with Gasteiger partial charge in [-0.3, -0.25) is 4.79 Å². The second-order valence-corrected chi connectivity index (χ2v) is 4.49. The van der Waals surface area contributed by atoms with Crippen molar-refractivity contribution in [2.24, 2.45) is 0 Å². The van der Waals surface area contributed by atoms with Crippen molar-refractivity contribution >= 4 is 29.1 Å². The fourth-order valence-electron chi connectivity index (χ4n) is 1.16. The highest BCUT2D eigenvalue weighted by molar-refractivity contribution is 6.22. The summed E-state index contributed by atoms with van der Waals surface area (Å²) in [6.45, 7) is 1.69. The molecule has 0 bridgehead atoms. The quantitative estimate of drug-likeness (QED) is 0.583. The molecule has 1 aromatic rings. The molecule has 0 radical (unpaired) electrons. The van der Waals surface area contributed by atoms with E-state index in [1.54, 1.807) is 6.92 Å². The normalized spacial score (nSPS) is 11.2. The molecule has 6 heteroatoms. The zero-order valence-corrected chi connectivity index (χ0v) is 10.7. The second-order valence-electron chi connectivity index (χ2n) is 3.96. The van der Waals surface area contributed by atoms with E-state index in [-0.39, 0.29) is 23.1 Å². The Labute approximate surface area is 109 Å². The van der Waals surface area contributed by atoms with Crippen molar-refractivity contribution in [3.05, 3.63) is 23.8 Å². The van der Waals surface area contributed by atoms with E-state index in [1.807, 2.05) is 0 Å². The SMILES string of the molecule is CC(CCl)(CCl)NC(=O)c1cccc(O)c1O. The summed E-state index contributed by atoms with van der Waals surface area (Å²) in [4.78, 5) is 11.9.